The summed E-state index contributed by atoms with van der Waals surface area (Å²) >= 11 is 0. The predicted molar refractivity (Wildman–Crippen MR) is 245 cm³/mol. The Morgan fingerprint density at radius 3 is 1.56 bits per heavy atom. The van der Waals surface area contributed by atoms with Crippen molar-refractivity contribution in [3.05, 3.63) is 148 Å². The summed E-state index contributed by atoms with van der Waals surface area (Å²) < 4.78 is 24.9. The lowest BCUT2D eigenvalue weighted by Crippen LogP contribution is -2.25. The molecular weight excluding hydrogens is 757 g/mol. The van der Waals surface area contributed by atoms with E-state index < -0.39 is 17.4 Å². The number of benzene rings is 6. The summed E-state index contributed by atoms with van der Waals surface area (Å²) in [5, 5.41) is 4.39. The lowest BCUT2D eigenvalue weighted by Gasteiger charge is -2.30. The van der Waals surface area contributed by atoms with Gasteiger partial charge in [-0.3, -0.25) is 0 Å². The number of aryl methyl sites for hydroxylation is 2. The Hall–Kier alpha value is -5.46. The highest BCUT2D eigenvalue weighted by Crippen LogP contribution is 2.60. The van der Waals surface area contributed by atoms with Crippen LogP contribution in [0.1, 0.15) is 146 Å². The van der Waals surface area contributed by atoms with Crippen LogP contribution in [0.2, 0.25) is 0 Å². The summed E-state index contributed by atoms with van der Waals surface area (Å²) in [4.78, 5) is 28.1. The molecule has 0 radical (unpaired) electrons. The van der Waals surface area contributed by atoms with Crippen molar-refractivity contribution in [2.75, 3.05) is 13.2 Å². The predicted octanol–water partition coefficient (Wildman–Crippen LogP) is 13.8. The minimum atomic E-state index is -0.518. The number of unbranched alkanes of at least 4 members (excludes halogenated alkanes) is 9. The van der Waals surface area contributed by atoms with Gasteiger partial charge in [-0.05, 0) is 125 Å². The molecular formula is C55H60O6. The molecule has 0 aromatic heterocycles. The standard InChI is InChI=1S/C55H60O6/c1-3-5-7-9-11-17-35-59-44-28-26-41(27-29-44)54(57)61-50-37-43-19-13-15-21-46(43)48-31-33-55(52(48)50)32-30-47-45-20-14-12-18-42(45)36-49(51(47)55)60-53(56)40-24-22-39(23-25-40)38-58-34-16-10-8-6-4-2/h12-15,18-29,36-37H,3-11,16-17,30-35,38H2,1-2H3. The lowest BCUT2D eigenvalue weighted by molar-refractivity contribution is 0.0725. The molecule has 6 nitrogen and oxygen atoms in total. The van der Waals surface area contributed by atoms with Gasteiger partial charge in [0.25, 0.3) is 0 Å². The molecule has 0 aliphatic heterocycles. The van der Waals surface area contributed by atoms with Crippen LogP contribution in [-0.2, 0) is 29.6 Å². The van der Waals surface area contributed by atoms with Gasteiger partial charge in [-0.2, -0.15) is 0 Å². The third kappa shape index (κ3) is 9.40. The summed E-state index contributed by atoms with van der Waals surface area (Å²) in [6.07, 6.45) is 16.5. The smallest absolute Gasteiger partial charge is 0.343 e. The van der Waals surface area contributed by atoms with Crippen molar-refractivity contribution < 1.29 is 28.5 Å². The first-order valence-corrected chi connectivity index (χ1v) is 22.9. The van der Waals surface area contributed by atoms with Crippen LogP contribution in [-0.4, -0.2) is 25.2 Å². The highest BCUT2D eigenvalue weighted by atomic mass is 16.5. The molecule has 0 saturated carbocycles. The number of hydrogen-bond acceptors (Lipinski definition) is 6. The molecule has 6 aromatic carbocycles. The second kappa shape index (κ2) is 19.9. The Bertz CT molecular complexity index is 2270. The molecule has 2 aliphatic carbocycles. The van der Waals surface area contributed by atoms with E-state index in [0.29, 0.717) is 35.8 Å². The van der Waals surface area contributed by atoms with Crippen molar-refractivity contribution in [3.8, 4) is 17.2 Å². The van der Waals surface area contributed by atoms with Gasteiger partial charge < -0.3 is 18.9 Å². The molecule has 316 valence electrons. The lowest BCUT2D eigenvalue weighted by atomic mass is 9.75. The molecule has 61 heavy (non-hydrogen) atoms. The van der Waals surface area contributed by atoms with Crippen LogP contribution in [0.25, 0.3) is 21.5 Å². The van der Waals surface area contributed by atoms with Crippen molar-refractivity contribution in [1.29, 1.82) is 0 Å². The summed E-state index contributed by atoms with van der Waals surface area (Å²) in [6, 6.07) is 35.7. The first-order valence-electron chi connectivity index (χ1n) is 22.9. The molecule has 0 fully saturated rings. The van der Waals surface area contributed by atoms with E-state index in [-0.39, 0.29) is 0 Å². The fourth-order valence-electron chi connectivity index (χ4n) is 9.76. The summed E-state index contributed by atoms with van der Waals surface area (Å²) in [5.41, 5.74) is 5.91. The van der Waals surface area contributed by atoms with Gasteiger partial charge in [0.15, 0.2) is 0 Å². The Morgan fingerprint density at radius 1 is 0.541 bits per heavy atom. The molecule has 0 amide bonds. The summed E-state index contributed by atoms with van der Waals surface area (Å²) in [5.74, 6) is 1.08. The first kappa shape index (κ1) is 42.2. The van der Waals surface area contributed by atoms with E-state index in [9.17, 15) is 9.59 Å². The molecule has 1 unspecified atom stereocenters. The monoisotopic (exact) mass is 816 g/mol. The van der Waals surface area contributed by atoms with Gasteiger partial charge in [0, 0.05) is 23.1 Å². The molecule has 0 N–H and O–H groups in total. The number of ether oxygens (including phenoxy) is 4. The van der Waals surface area contributed by atoms with Gasteiger partial charge in [-0.15, -0.1) is 0 Å². The van der Waals surface area contributed by atoms with Crippen molar-refractivity contribution in [2.45, 2.75) is 122 Å². The highest BCUT2D eigenvalue weighted by Gasteiger charge is 2.50. The molecule has 1 atom stereocenters. The zero-order valence-electron chi connectivity index (χ0n) is 36.1. The number of carbonyl (C=O) groups excluding carboxylic acids is 2. The van der Waals surface area contributed by atoms with Gasteiger partial charge in [0.1, 0.15) is 17.2 Å². The fourth-order valence-corrected chi connectivity index (χ4v) is 9.76. The minimum absolute atomic E-state index is 0.397. The summed E-state index contributed by atoms with van der Waals surface area (Å²) in [6.45, 7) is 6.38. The van der Waals surface area contributed by atoms with Crippen LogP contribution in [0.3, 0.4) is 0 Å². The zero-order valence-corrected chi connectivity index (χ0v) is 36.1. The SMILES string of the molecule is CCCCCCCCOc1ccc(C(=O)Oc2cc3ccccc3c3c2C2(CCc4c2c(OC(=O)c2ccc(COCCCCCCC)cc2)cc2ccccc42)CC3)cc1. The van der Waals surface area contributed by atoms with E-state index in [4.69, 9.17) is 18.9 Å². The van der Waals surface area contributed by atoms with E-state index in [2.05, 4.69) is 50.2 Å². The third-order valence-corrected chi connectivity index (χ3v) is 12.9. The van der Waals surface area contributed by atoms with Crippen LogP contribution in [0.4, 0.5) is 0 Å². The molecule has 6 heteroatoms. The minimum Gasteiger partial charge on any atom is -0.494 e. The Labute approximate surface area is 361 Å². The molecule has 0 heterocycles. The molecule has 0 saturated heterocycles. The molecule has 2 aliphatic rings. The van der Waals surface area contributed by atoms with Crippen LogP contribution >= 0.6 is 0 Å². The normalized spacial score (nSPS) is 15.3. The van der Waals surface area contributed by atoms with Crippen molar-refractivity contribution in [1.82, 2.24) is 0 Å². The number of esters is 2. The van der Waals surface area contributed by atoms with Crippen molar-refractivity contribution >= 4 is 33.5 Å². The van der Waals surface area contributed by atoms with E-state index in [1.54, 1.807) is 12.1 Å². The number of carbonyl (C=O) groups is 2. The van der Waals surface area contributed by atoms with Gasteiger partial charge in [0.05, 0.1) is 24.3 Å². The van der Waals surface area contributed by atoms with E-state index in [1.807, 2.05) is 60.7 Å². The zero-order chi connectivity index (χ0) is 42.0. The summed E-state index contributed by atoms with van der Waals surface area (Å²) in [7, 11) is 0. The van der Waals surface area contributed by atoms with Gasteiger partial charge in [-0.1, -0.05) is 132 Å². The maximum Gasteiger partial charge on any atom is 0.343 e. The second-order valence-corrected chi connectivity index (χ2v) is 17.1. The topological polar surface area (TPSA) is 71.1 Å². The fraction of sp³-hybridized carbons (Fsp3) is 0.382. The Morgan fingerprint density at radius 2 is 1.02 bits per heavy atom. The van der Waals surface area contributed by atoms with E-state index in [0.717, 1.165) is 95.5 Å². The quantitative estimate of drug-likeness (QED) is 0.0434. The second-order valence-electron chi connectivity index (χ2n) is 17.1. The third-order valence-electron chi connectivity index (χ3n) is 12.9. The van der Waals surface area contributed by atoms with Crippen LogP contribution < -0.4 is 14.2 Å². The van der Waals surface area contributed by atoms with Gasteiger partial charge in [-0.25, -0.2) is 9.59 Å². The van der Waals surface area contributed by atoms with Crippen LogP contribution in [0.15, 0.2) is 109 Å². The highest BCUT2D eigenvalue weighted by molar-refractivity contribution is 5.97. The first-order chi connectivity index (χ1) is 30.0. The maximum atomic E-state index is 14.1. The Balaban J connectivity index is 1.06. The van der Waals surface area contributed by atoms with E-state index >= 15 is 0 Å². The molecule has 0 bridgehead atoms. The average molecular weight is 817 g/mol. The maximum absolute atomic E-state index is 14.1. The average Bonchev–Trinajstić information content (AvgIpc) is 3.88. The molecule has 1 spiro atoms. The van der Waals surface area contributed by atoms with Crippen LogP contribution in [0, 0.1) is 0 Å². The molecule has 8 rings (SSSR count). The van der Waals surface area contributed by atoms with Crippen LogP contribution in [0.5, 0.6) is 17.2 Å². The Kier molecular flexibility index (Phi) is 13.8. The number of fused-ring (bicyclic) bond motifs is 8. The number of hydrogen-bond donors (Lipinski definition) is 0. The van der Waals surface area contributed by atoms with Crippen molar-refractivity contribution in [2.24, 2.45) is 0 Å². The van der Waals surface area contributed by atoms with Gasteiger partial charge in [0.2, 0.25) is 0 Å². The van der Waals surface area contributed by atoms with Crippen molar-refractivity contribution in [3.63, 3.8) is 0 Å². The largest absolute Gasteiger partial charge is 0.494 e. The van der Waals surface area contributed by atoms with Gasteiger partial charge >= 0.3 is 11.9 Å². The van der Waals surface area contributed by atoms with E-state index in [1.165, 1.54) is 62.5 Å². The molecule has 6 aromatic rings. The number of rotatable bonds is 20.